The van der Waals surface area contributed by atoms with Gasteiger partial charge in [0, 0.05) is 11.5 Å². The average Bonchev–Trinajstić information content (AvgIpc) is 2.40. The van der Waals surface area contributed by atoms with Gasteiger partial charge in [-0.15, -0.1) is 0 Å². The summed E-state index contributed by atoms with van der Waals surface area (Å²) in [4.78, 5) is 8.29. The highest BCUT2D eigenvalue weighted by atomic mass is 79.9. The van der Waals surface area contributed by atoms with Crippen molar-refractivity contribution in [1.29, 1.82) is 0 Å². The fraction of sp³-hybridized carbons (Fsp3) is 0.167. The number of halogens is 2. The van der Waals surface area contributed by atoms with E-state index in [2.05, 4.69) is 47.1 Å². The topological polar surface area (TPSA) is 47.0 Å². The molecule has 0 fully saturated rings. The Morgan fingerprint density at radius 2 is 1.94 bits per heavy atom. The van der Waals surface area contributed by atoms with Gasteiger partial charge in [0.25, 0.3) is 0 Å². The summed E-state index contributed by atoms with van der Waals surface area (Å²) in [6.07, 6.45) is 1.66. The van der Waals surface area contributed by atoms with E-state index in [0.29, 0.717) is 18.4 Å². The number of anilines is 1. The minimum absolute atomic E-state index is 0.464. The number of ether oxygens (including phenoxy) is 1. The molecule has 1 aromatic heterocycles. The highest BCUT2D eigenvalue weighted by Gasteiger charge is 2.05. The smallest absolute Gasteiger partial charge is 0.233 e. The van der Waals surface area contributed by atoms with Crippen LogP contribution in [0, 0.1) is 0 Å². The molecule has 4 nitrogen and oxygen atoms in total. The second-order valence-electron chi connectivity index (χ2n) is 3.51. The molecular formula is C12H11Br2N3O. The lowest BCUT2D eigenvalue weighted by Crippen LogP contribution is -2.02. The van der Waals surface area contributed by atoms with Crippen LogP contribution in [0.5, 0.6) is 5.88 Å². The summed E-state index contributed by atoms with van der Waals surface area (Å²) in [5, 5.41) is 2.87. The van der Waals surface area contributed by atoms with E-state index in [9.17, 15) is 0 Å². The first-order valence-electron chi connectivity index (χ1n) is 5.26. The lowest BCUT2D eigenvalue weighted by Gasteiger charge is -2.08. The molecule has 94 valence electrons. The highest BCUT2D eigenvalue weighted by Crippen LogP contribution is 2.23. The van der Waals surface area contributed by atoms with Crippen molar-refractivity contribution in [1.82, 2.24) is 9.97 Å². The Balaban J connectivity index is 2.07. The van der Waals surface area contributed by atoms with Crippen LogP contribution in [-0.2, 0) is 6.61 Å². The van der Waals surface area contributed by atoms with Gasteiger partial charge in [0.2, 0.25) is 11.8 Å². The molecule has 2 aromatic rings. The van der Waals surface area contributed by atoms with Crippen molar-refractivity contribution in [3.8, 4) is 5.88 Å². The molecule has 0 aliphatic rings. The van der Waals surface area contributed by atoms with Crippen molar-refractivity contribution < 1.29 is 4.74 Å². The van der Waals surface area contributed by atoms with E-state index < -0.39 is 0 Å². The predicted octanol–water partition coefficient (Wildman–Crippen LogP) is 3.62. The maximum atomic E-state index is 5.65. The number of nitrogens with zero attached hydrogens (tertiary/aromatic N) is 2. The summed E-state index contributed by atoms with van der Waals surface area (Å²) in [6.45, 7) is 0.464. The molecule has 0 saturated heterocycles. The van der Waals surface area contributed by atoms with Crippen molar-refractivity contribution >= 4 is 37.8 Å². The fourth-order valence-electron chi connectivity index (χ4n) is 1.31. The molecule has 0 radical (unpaired) electrons. The number of rotatable bonds is 4. The average molecular weight is 373 g/mol. The van der Waals surface area contributed by atoms with Crippen LogP contribution in [0.2, 0.25) is 0 Å². The van der Waals surface area contributed by atoms with Crippen LogP contribution in [0.4, 0.5) is 5.95 Å². The van der Waals surface area contributed by atoms with Crippen LogP contribution in [0.15, 0.2) is 39.4 Å². The van der Waals surface area contributed by atoms with E-state index in [-0.39, 0.29) is 0 Å². The lowest BCUT2D eigenvalue weighted by atomic mass is 10.2. The van der Waals surface area contributed by atoms with Gasteiger partial charge in [0.15, 0.2) is 0 Å². The standard InChI is InChI=1S/C12H11Br2N3O/c1-15-12-16-6-10(14)11(17-12)18-7-8-2-4-9(13)5-3-8/h2-6H,7H2,1H3,(H,15,16,17). The largest absolute Gasteiger partial charge is 0.472 e. The molecule has 0 atom stereocenters. The van der Waals surface area contributed by atoms with Crippen LogP contribution in [0.3, 0.4) is 0 Å². The molecule has 0 aliphatic carbocycles. The number of hydrogen-bond acceptors (Lipinski definition) is 4. The monoisotopic (exact) mass is 371 g/mol. The minimum atomic E-state index is 0.464. The zero-order valence-electron chi connectivity index (χ0n) is 9.65. The van der Waals surface area contributed by atoms with Gasteiger partial charge in [-0.05, 0) is 33.6 Å². The Morgan fingerprint density at radius 1 is 1.22 bits per heavy atom. The Labute approximate surface area is 122 Å². The van der Waals surface area contributed by atoms with E-state index in [4.69, 9.17) is 4.74 Å². The van der Waals surface area contributed by atoms with E-state index >= 15 is 0 Å². The molecule has 6 heteroatoms. The summed E-state index contributed by atoms with van der Waals surface area (Å²) in [5.41, 5.74) is 1.08. The van der Waals surface area contributed by atoms with Crippen LogP contribution >= 0.6 is 31.9 Å². The molecular weight excluding hydrogens is 362 g/mol. The van der Waals surface area contributed by atoms with Gasteiger partial charge in [-0.25, -0.2) is 4.98 Å². The summed E-state index contributed by atoms with van der Waals surface area (Å²) in [6, 6.07) is 7.95. The first-order valence-corrected chi connectivity index (χ1v) is 6.85. The Kier molecular flexibility index (Phi) is 4.54. The second kappa shape index (κ2) is 6.15. The van der Waals surface area contributed by atoms with E-state index in [1.165, 1.54) is 0 Å². The van der Waals surface area contributed by atoms with Crippen molar-refractivity contribution in [2.45, 2.75) is 6.61 Å². The molecule has 1 heterocycles. The van der Waals surface area contributed by atoms with Crippen LogP contribution in [0.25, 0.3) is 0 Å². The minimum Gasteiger partial charge on any atom is -0.472 e. The zero-order chi connectivity index (χ0) is 13.0. The summed E-state index contributed by atoms with van der Waals surface area (Å²) < 4.78 is 7.43. The van der Waals surface area contributed by atoms with Gasteiger partial charge < -0.3 is 10.1 Å². The van der Waals surface area contributed by atoms with Crippen molar-refractivity contribution in [3.63, 3.8) is 0 Å². The molecule has 0 amide bonds. The van der Waals surface area contributed by atoms with E-state index in [1.54, 1.807) is 13.2 Å². The number of hydrogen-bond donors (Lipinski definition) is 1. The van der Waals surface area contributed by atoms with Crippen LogP contribution < -0.4 is 10.1 Å². The Bertz CT molecular complexity index is 531. The molecule has 18 heavy (non-hydrogen) atoms. The molecule has 0 saturated carbocycles. The third-order valence-corrected chi connectivity index (χ3v) is 3.30. The Hall–Kier alpha value is -1.14. The van der Waals surface area contributed by atoms with E-state index in [0.717, 1.165) is 14.5 Å². The van der Waals surface area contributed by atoms with Crippen molar-refractivity contribution in [2.24, 2.45) is 0 Å². The molecule has 2 rings (SSSR count). The third-order valence-electron chi connectivity index (χ3n) is 2.22. The first kappa shape index (κ1) is 13.3. The maximum Gasteiger partial charge on any atom is 0.233 e. The van der Waals surface area contributed by atoms with Crippen molar-refractivity contribution in [2.75, 3.05) is 12.4 Å². The van der Waals surface area contributed by atoms with Crippen molar-refractivity contribution in [3.05, 3.63) is 45.0 Å². The predicted molar refractivity (Wildman–Crippen MR) is 77.8 cm³/mol. The molecule has 0 spiro atoms. The molecule has 1 N–H and O–H groups in total. The van der Waals surface area contributed by atoms with Gasteiger partial charge in [-0.3, -0.25) is 0 Å². The Morgan fingerprint density at radius 3 is 2.61 bits per heavy atom. The van der Waals surface area contributed by atoms with Gasteiger partial charge in [0.05, 0.1) is 10.7 Å². The lowest BCUT2D eigenvalue weighted by molar-refractivity contribution is 0.291. The third kappa shape index (κ3) is 3.43. The number of benzene rings is 1. The van der Waals surface area contributed by atoms with Crippen LogP contribution in [-0.4, -0.2) is 17.0 Å². The highest BCUT2D eigenvalue weighted by molar-refractivity contribution is 9.10. The zero-order valence-corrected chi connectivity index (χ0v) is 12.8. The summed E-state index contributed by atoms with van der Waals surface area (Å²) >= 11 is 6.75. The van der Waals surface area contributed by atoms with Gasteiger partial charge in [-0.2, -0.15) is 4.98 Å². The quantitative estimate of drug-likeness (QED) is 0.890. The SMILES string of the molecule is CNc1ncc(Br)c(OCc2ccc(Br)cc2)n1. The molecule has 0 aliphatic heterocycles. The van der Waals surface area contributed by atoms with Gasteiger partial charge in [0.1, 0.15) is 6.61 Å². The first-order chi connectivity index (χ1) is 8.69. The van der Waals surface area contributed by atoms with Gasteiger partial charge >= 0.3 is 0 Å². The normalized spacial score (nSPS) is 10.2. The summed E-state index contributed by atoms with van der Waals surface area (Å²) in [5.74, 6) is 1.06. The van der Waals surface area contributed by atoms with E-state index in [1.807, 2.05) is 24.3 Å². The number of nitrogens with one attached hydrogen (secondary N) is 1. The second-order valence-corrected chi connectivity index (χ2v) is 5.28. The molecule has 0 bridgehead atoms. The maximum absolute atomic E-state index is 5.65. The number of aromatic nitrogens is 2. The fourth-order valence-corrected chi connectivity index (χ4v) is 1.88. The summed E-state index contributed by atoms with van der Waals surface area (Å²) in [7, 11) is 1.77. The molecule has 1 aromatic carbocycles. The van der Waals surface area contributed by atoms with Gasteiger partial charge in [-0.1, -0.05) is 28.1 Å². The van der Waals surface area contributed by atoms with Crippen LogP contribution in [0.1, 0.15) is 5.56 Å². The molecule has 0 unspecified atom stereocenters.